The topological polar surface area (TPSA) is 27.7 Å². The van der Waals surface area contributed by atoms with Crippen LogP contribution in [0.2, 0.25) is 0 Å². The smallest absolute Gasteiger partial charge is 0.119 e. The van der Waals surface area contributed by atoms with Crippen LogP contribution in [0.3, 0.4) is 0 Å². The van der Waals surface area contributed by atoms with E-state index in [0.29, 0.717) is 6.04 Å². The molecule has 2 atom stereocenters. The second-order valence-corrected chi connectivity index (χ2v) is 5.56. The van der Waals surface area contributed by atoms with E-state index in [1.807, 2.05) is 34.9 Å². The maximum absolute atomic E-state index is 12.6. The van der Waals surface area contributed by atoms with Gasteiger partial charge in [-0.05, 0) is 40.7 Å². The van der Waals surface area contributed by atoms with Crippen LogP contribution in [-0.2, 0) is 4.74 Å². The third-order valence-corrected chi connectivity index (χ3v) is 3.50. The Balaban J connectivity index is 4.05. The van der Waals surface area contributed by atoms with Crippen molar-refractivity contribution in [3.05, 3.63) is 0 Å². The summed E-state index contributed by atoms with van der Waals surface area (Å²) in [6, 6.07) is 0.371. The summed E-state index contributed by atoms with van der Waals surface area (Å²) in [4.78, 5) is 0. The quantitative estimate of drug-likeness (QED) is 0.508. The molecule has 0 spiro atoms. The van der Waals surface area contributed by atoms with Gasteiger partial charge in [0, 0.05) is 32.8 Å². The van der Waals surface area contributed by atoms with E-state index in [2.05, 4.69) is 22.3 Å². The largest absolute Gasteiger partial charge is 0.365 e. The van der Waals surface area contributed by atoms with E-state index in [0.717, 1.165) is 13.0 Å². The molecular weight excluding hydrogens is 233 g/mol. The lowest BCUT2D eigenvalue weighted by molar-refractivity contribution is -0.133. The van der Waals surface area contributed by atoms with Crippen molar-refractivity contribution in [1.29, 1.82) is 0 Å². The van der Waals surface area contributed by atoms with Gasteiger partial charge in [0.2, 0.25) is 0 Å². The molecule has 0 bridgehead atoms. The van der Waals surface area contributed by atoms with Crippen LogP contribution in [0.4, 0.5) is 4.39 Å². The van der Waals surface area contributed by atoms with Gasteiger partial charge in [0.25, 0.3) is 0 Å². The van der Waals surface area contributed by atoms with Gasteiger partial charge in [0.05, 0.1) is 0 Å². The number of rotatable bonds is 9. The lowest BCUT2D eigenvalue weighted by atomic mass is 10.1. The molecule has 0 aromatic heterocycles. The van der Waals surface area contributed by atoms with Crippen LogP contribution in [0.25, 0.3) is 0 Å². The molecule has 0 saturated heterocycles. The normalized spacial score (nSPS) is 16.3. The van der Waals surface area contributed by atoms with Gasteiger partial charge in [-0.1, -0.05) is 0 Å². The van der Waals surface area contributed by atoms with Gasteiger partial charge >= 0.3 is 0 Å². The molecule has 0 aliphatic rings. The van der Waals surface area contributed by atoms with Gasteiger partial charge in [-0.2, -0.15) is 0 Å². The lowest BCUT2D eigenvalue weighted by Gasteiger charge is -2.37. The van der Waals surface area contributed by atoms with Gasteiger partial charge in [-0.25, -0.2) is 14.4 Å². The fraction of sp³-hybridized carbons (Fsp3) is 1.00. The molecule has 0 fully saturated rings. The third-order valence-electron chi connectivity index (χ3n) is 3.50. The molecule has 0 aromatic carbocycles. The Hall–Kier alpha value is -0.230. The first-order valence-electron chi connectivity index (χ1n) is 6.54. The third kappa shape index (κ3) is 6.09. The Morgan fingerprint density at radius 3 is 2.22 bits per heavy atom. The van der Waals surface area contributed by atoms with Crippen LogP contribution < -0.4 is 5.32 Å². The number of alkyl halides is 1. The highest BCUT2D eigenvalue weighted by molar-refractivity contribution is 4.77. The summed E-state index contributed by atoms with van der Waals surface area (Å²) in [6.07, 6.45) is 1.01. The number of methoxy groups -OCH3 is 1. The first-order chi connectivity index (χ1) is 8.25. The molecule has 0 aliphatic heterocycles. The van der Waals surface area contributed by atoms with E-state index < -0.39 is 5.54 Å². The summed E-state index contributed by atoms with van der Waals surface area (Å²) in [5.41, 5.74) is -0.427. The summed E-state index contributed by atoms with van der Waals surface area (Å²) in [5.74, 6) is 0. The number of hydrogen-bond acceptors (Lipinski definition) is 4. The highest BCUT2D eigenvalue weighted by Gasteiger charge is 2.20. The second-order valence-electron chi connectivity index (χ2n) is 5.56. The Morgan fingerprint density at radius 2 is 1.78 bits per heavy atom. The zero-order valence-corrected chi connectivity index (χ0v) is 13.0. The van der Waals surface area contributed by atoms with E-state index in [4.69, 9.17) is 4.74 Å². The van der Waals surface area contributed by atoms with Crippen molar-refractivity contribution in [2.75, 3.05) is 34.4 Å². The molecule has 4 nitrogen and oxygen atoms in total. The van der Waals surface area contributed by atoms with E-state index in [9.17, 15) is 4.39 Å². The van der Waals surface area contributed by atoms with Crippen molar-refractivity contribution >= 4 is 0 Å². The molecular formula is C13H30FN3O. The van der Waals surface area contributed by atoms with Gasteiger partial charge in [0.15, 0.2) is 0 Å². The minimum absolute atomic E-state index is 0.0488. The zero-order chi connectivity index (χ0) is 14.3. The van der Waals surface area contributed by atoms with Crippen LogP contribution in [0.1, 0.15) is 34.1 Å². The first-order valence-corrected chi connectivity index (χ1v) is 6.54. The predicted octanol–water partition coefficient (Wildman–Crippen LogP) is 1.87. The molecule has 0 rings (SSSR count). The number of nitrogens with one attached hydrogen (secondary N) is 1. The Labute approximate surface area is 111 Å². The summed E-state index contributed by atoms with van der Waals surface area (Å²) >= 11 is 0. The van der Waals surface area contributed by atoms with Crippen LogP contribution in [0.5, 0.6) is 0 Å². The summed E-state index contributed by atoms with van der Waals surface area (Å²) < 4.78 is 17.9. The average Bonchev–Trinajstić information content (AvgIpc) is 2.35. The van der Waals surface area contributed by atoms with E-state index >= 15 is 0 Å². The standard InChI is InChI=1S/C13H30FN3O/c1-11(8-9-15-13(3,4)10-14)16(5)17(6)12(2)18-7/h11-12,15H,8-10H2,1-7H3. The second kappa shape index (κ2) is 8.04. The first kappa shape index (κ1) is 17.8. The molecule has 0 amide bonds. The van der Waals surface area contributed by atoms with Crippen molar-refractivity contribution < 1.29 is 9.13 Å². The highest BCUT2D eigenvalue weighted by Crippen LogP contribution is 2.09. The molecule has 0 aromatic rings. The van der Waals surface area contributed by atoms with Crippen molar-refractivity contribution in [3.8, 4) is 0 Å². The summed E-state index contributed by atoms with van der Waals surface area (Å²) in [5, 5.41) is 7.44. The number of hydrazine groups is 1. The Kier molecular flexibility index (Phi) is 7.94. The van der Waals surface area contributed by atoms with Crippen LogP contribution in [-0.4, -0.2) is 62.3 Å². The van der Waals surface area contributed by atoms with Gasteiger partial charge < -0.3 is 10.1 Å². The predicted molar refractivity (Wildman–Crippen MR) is 74.1 cm³/mol. The highest BCUT2D eigenvalue weighted by atomic mass is 19.1. The molecule has 18 heavy (non-hydrogen) atoms. The number of hydrogen-bond donors (Lipinski definition) is 1. The van der Waals surface area contributed by atoms with Gasteiger partial charge in [-0.3, -0.25) is 0 Å². The fourth-order valence-corrected chi connectivity index (χ4v) is 1.57. The Bertz CT molecular complexity index is 226. The number of ether oxygens (including phenoxy) is 1. The molecule has 110 valence electrons. The maximum Gasteiger partial charge on any atom is 0.119 e. The SMILES string of the molecule is COC(C)N(C)N(C)C(C)CCNC(C)(C)CF. The molecule has 1 N–H and O–H groups in total. The van der Waals surface area contributed by atoms with E-state index in [1.165, 1.54) is 0 Å². The molecule has 0 radical (unpaired) electrons. The van der Waals surface area contributed by atoms with Gasteiger partial charge in [-0.15, -0.1) is 0 Å². The van der Waals surface area contributed by atoms with Crippen LogP contribution >= 0.6 is 0 Å². The van der Waals surface area contributed by atoms with E-state index in [1.54, 1.807) is 7.11 Å². The molecule has 2 unspecified atom stereocenters. The monoisotopic (exact) mass is 263 g/mol. The zero-order valence-electron chi connectivity index (χ0n) is 13.0. The van der Waals surface area contributed by atoms with E-state index in [-0.39, 0.29) is 12.9 Å². The summed E-state index contributed by atoms with van der Waals surface area (Å²) in [6.45, 7) is 8.37. The van der Waals surface area contributed by atoms with Crippen molar-refractivity contribution in [3.63, 3.8) is 0 Å². The van der Waals surface area contributed by atoms with Crippen molar-refractivity contribution in [1.82, 2.24) is 15.3 Å². The molecule has 5 heteroatoms. The van der Waals surface area contributed by atoms with Crippen LogP contribution in [0, 0.1) is 0 Å². The lowest BCUT2D eigenvalue weighted by Crippen LogP contribution is -2.49. The van der Waals surface area contributed by atoms with Gasteiger partial charge in [0.1, 0.15) is 12.9 Å². The Morgan fingerprint density at radius 1 is 1.22 bits per heavy atom. The molecule has 0 aliphatic carbocycles. The maximum atomic E-state index is 12.6. The minimum atomic E-state index is -0.427. The fourth-order valence-electron chi connectivity index (χ4n) is 1.57. The summed E-state index contributed by atoms with van der Waals surface area (Å²) in [7, 11) is 5.75. The van der Waals surface area contributed by atoms with Crippen molar-refractivity contribution in [2.45, 2.75) is 51.9 Å². The molecule has 0 heterocycles. The molecule has 0 saturated carbocycles. The average molecular weight is 263 g/mol. The van der Waals surface area contributed by atoms with Crippen molar-refractivity contribution in [2.24, 2.45) is 0 Å². The number of nitrogens with zero attached hydrogens (tertiary/aromatic N) is 2. The minimum Gasteiger partial charge on any atom is -0.365 e. The van der Waals surface area contributed by atoms with Crippen LogP contribution in [0.15, 0.2) is 0 Å². The number of halogens is 1.